The molecule has 1 aliphatic heterocycles. The van der Waals surface area contributed by atoms with E-state index in [0.717, 1.165) is 5.69 Å². The molecule has 1 aromatic heterocycles. The number of carbonyl (C=O) groups is 2. The number of hydrogen-bond donors (Lipinski definition) is 3. The Morgan fingerprint density at radius 3 is 2.55 bits per heavy atom. The number of pyridine rings is 1. The summed E-state index contributed by atoms with van der Waals surface area (Å²) in [5.74, 6) is -0.507. The number of carboxylic acid groups (broad SMARTS) is 1. The highest BCUT2D eigenvalue weighted by atomic mass is 19.1. The number of nitrogens with one attached hydrogen (secondary N) is 2. The predicted molar refractivity (Wildman–Crippen MR) is 117 cm³/mol. The molecule has 0 aliphatic carbocycles. The van der Waals surface area contributed by atoms with Crippen molar-refractivity contribution in [3.05, 3.63) is 53.6 Å². The number of anilines is 2. The first-order valence-corrected chi connectivity index (χ1v) is 10.2. The third kappa shape index (κ3) is 5.11. The Morgan fingerprint density at radius 2 is 1.90 bits per heavy atom. The van der Waals surface area contributed by atoms with Crippen molar-refractivity contribution in [2.45, 2.75) is 52.4 Å². The molecule has 9 heteroatoms. The van der Waals surface area contributed by atoms with Crippen molar-refractivity contribution in [1.82, 2.24) is 14.8 Å². The third-order valence-electron chi connectivity index (χ3n) is 5.83. The average Bonchev–Trinajstić information content (AvgIpc) is 2.72. The maximum Gasteiger partial charge on any atom is 0.407 e. The van der Waals surface area contributed by atoms with Gasteiger partial charge in [0.1, 0.15) is 0 Å². The number of nitrogens with zero attached hydrogens (tertiary/aromatic N) is 3. The lowest BCUT2D eigenvalue weighted by molar-refractivity contribution is -0.0000391. The van der Waals surface area contributed by atoms with E-state index < -0.39 is 17.9 Å². The predicted octanol–water partition coefficient (Wildman–Crippen LogP) is 4.13. The van der Waals surface area contributed by atoms with Crippen LogP contribution in [0.4, 0.5) is 25.4 Å². The van der Waals surface area contributed by atoms with Gasteiger partial charge in [0.2, 0.25) is 0 Å². The van der Waals surface area contributed by atoms with E-state index in [1.165, 1.54) is 17.2 Å². The van der Waals surface area contributed by atoms with Gasteiger partial charge in [0.05, 0.1) is 17.6 Å². The SMILES string of the molecule is Cc1ccc(NC(=O)Nc2cccc(CN3[C@H](C)C(C)N(C(=O)O)C[C@@H]3C)c2F)cn1. The van der Waals surface area contributed by atoms with Gasteiger partial charge < -0.3 is 20.6 Å². The van der Waals surface area contributed by atoms with Gasteiger partial charge in [-0.2, -0.15) is 0 Å². The number of benzene rings is 1. The quantitative estimate of drug-likeness (QED) is 0.679. The lowest BCUT2D eigenvalue weighted by Crippen LogP contribution is -2.61. The topological polar surface area (TPSA) is 97.8 Å². The first-order valence-electron chi connectivity index (χ1n) is 10.2. The normalized spacial score (nSPS) is 21.6. The molecule has 3 atom stereocenters. The van der Waals surface area contributed by atoms with E-state index in [9.17, 15) is 14.7 Å². The molecule has 3 amide bonds. The number of rotatable bonds is 4. The van der Waals surface area contributed by atoms with E-state index in [-0.39, 0.29) is 23.8 Å². The molecule has 1 aliphatic rings. The van der Waals surface area contributed by atoms with E-state index in [1.807, 2.05) is 27.7 Å². The Balaban J connectivity index is 1.71. The van der Waals surface area contributed by atoms with Gasteiger partial charge in [-0.15, -0.1) is 0 Å². The second-order valence-corrected chi connectivity index (χ2v) is 7.98. The largest absolute Gasteiger partial charge is 0.465 e. The summed E-state index contributed by atoms with van der Waals surface area (Å²) in [4.78, 5) is 31.4. The van der Waals surface area contributed by atoms with Crippen LogP contribution in [-0.2, 0) is 6.54 Å². The Hall–Kier alpha value is -3.20. The van der Waals surface area contributed by atoms with Crippen molar-refractivity contribution >= 4 is 23.5 Å². The zero-order chi connectivity index (χ0) is 22.7. The van der Waals surface area contributed by atoms with Crippen LogP contribution in [0.2, 0.25) is 0 Å². The van der Waals surface area contributed by atoms with Crippen molar-refractivity contribution in [3.63, 3.8) is 0 Å². The second-order valence-electron chi connectivity index (χ2n) is 7.98. The monoisotopic (exact) mass is 429 g/mol. The molecule has 8 nitrogen and oxygen atoms in total. The minimum atomic E-state index is -0.946. The summed E-state index contributed by atoms with van der Waals surface area (Å²) in [5.41, 5.74) is 1.84. The van der Waals surface area contributed by atoms with Crippen LogP contribution in [0.25, 0.3) is 0 Å². The molecule has 3 N–H and O–H groups in total. The molecular formula is C22H28FN5O3. The fourth-order valence-electron chi connectivity index (χ4n) is 3.87. The van der Waals surface area contributed by atoms with Crippen LogP contribution in [0, 0.1) is 12.7 Å². The Kier molecular flexibility index (Phi) is 6.74. The molecule has 1 fully saturated rings. The molecule has 0 radical (unpaired) electrons. The maximum absolute atomic E-state index is 15.1. The van der Waals surface area contributed by atoms with Gasteiger partial charge >= 0.3 is 12.1 Å². The number of aryl methyl sites for hydroxylation is 1. The van der Waals surface area contributed by atoms with E-state index in [2.05, 4.69) is 20.5 Å². The van der Waals surface area contributed by atoms with E-state index in [1.54, 1.807) is 24.3 Å². The summed E-state index contributed by atoms with van der Waals surface area (Å²) >= 11 is 0. The lowest BCUT2D eigenvalue weighted by atomic mass is 9.99. The van der Waals surface area contributed by atoms with Crippen molar-refractivity contribution in [2.24, 2.45) is 0 Å². The maximum atomic E-state index is 15.1. The number of halogens is 1. The van der Waals surface area contributed by atoms with Gasteiger partial charge in [-0.05, 0) is 45.9 Å². The van der Waals surface area contributed by atoms with Crippen LogP contribution in [0.15, 0.2) is 36.5 Å². The van der Waals surface area contributed by atoms with Crippen molar-refractivity contribution in [1.29, 1.82) is 0 Å². The number of aromatic nitrogens is 1. The molecule has 1 saturated heterocycles. The van der Waals surface area contributed by atoms with Crippen LogP contribution in [0.3, 0.4) is 0 Å². The molecular weight excluding hydrogens is 401 g/mol. The number of urea groups is 1. The summed E-state index contributed by atoms with van der Waals surface area (Å²) in [6, 6.07) is 7.41. The second kappa shape index (κ2) is 9.30. The molecule has 31 heavy (non-hydrogen) atoms. The molecule has 0 saturated carbocycles. The molecule has 0 spiro atoms. The van der Waals surface area contributed by atoms with E-state index >= 15 is 4.39 Å². The minimum Gasteiger partial charge on any atom is -0.465 e. The summed E-state index contributed by atoms with van der Waals surface area (Å²) < 4.78 is 15.1. The van der Waals surface area contributed by atoms with Gasteiger partial charge in [-0.1, -0.05) is 12.1 Å². The molecule has 2 aromatic rings. The first kappa shape index (κ1) is 22.5. The smallest absolute Gasteiger partial charge is 0.407 e. The van der Waals surface area contributed by atoms with Crippen molar-refractivity contribution < 1.29 is 19.1 Å². The number of amides is 3. The zero-order valence-corrected chi connectivity index (χ0v) is 18.1. The molecule has 166 valence electrons. The van der Waals surface area contributed by atoms with Crippen LogP contribution < -0.4 is 10.6 Å². The highest BCUT2D eigenvalue weighted by molar-refractivity contribution is 5.99. The molecule has 1 aromatic carbocycles. The summed E-state index contributed by atoms with van der Waals surface area (Å²) in [6.45, 7) is 8.24. The summed E-state index contributed by atoms with van der Waals surface area (Å²) in [6.07, 6.45) is 0.584. The van der Waals surface area contributed by atoms with Crippen LogP contribution in [0.1, 0.15) is 32.0 Å². The van der Waals surface area contributed by atoms with E-state index in [0.29, 0.717) is 24.3 Å². The summed E-state index contributed by atoms with van der Waals surface area (Å²) in [7, 11) is 0. The standard InChI is InChI=1S/C22H28FN5O3/c1-13-8-9-18(10-24-13)25-21(29)26-19-7-5-6-17(20(19)23)12-27-14(2)11-28(22(30)31)16(4)15(27)3/h5-10,14-16H,11-12H2,1-4H3,(H,30,31)(H2,25,26,29)/t14-,15+,16?/m0/s1. The van der Waals surface area contributed by atoms with Crippen molar-refractivity contribution in [2.75, 3.05) is 17.2 Å². The van der Waals surface area contributed by atoms with Gasteiger partial charge in [-0.3, -0.25) is 9.88 Å². The highest BCUT2D eigenvalue weighted by Gasteiger charge is 2.37. The average molecular weight is 429 g/mol. The Labute approximate surface area is 181 Å². The Bertz CT molecular complexity index is 953. The molecule has 2 heterocycles. The summed E-state index contributed by atoms with van der Waals surface area (Å²) in [5, 5.41) is 14.6. The van der Waals surface area contributed by atoms with Gasteiger partial charge in [0, 0.05) is 42.5 Å². The van der Waals surface area contributed by atoms with Crippen LogP contribution in [0.5, 0.6) is 0 Å². The van der Waals surface area contributed by atoms with Gasteiger partial charge in [0.25, 0.3) is 0 Å². The zero-order valence-electron chi connectivity index (χ0n) is 18.1. The van der Waals surface area contributed by atoms with Gasteiger partial charge in [-0.25, -0.2) is 14.0 Å². The third-order valence-corrected chi connectivity index (χ3v) is 5.83. The first-order chi connectivity index (χ1) is 14.7. The molecule has 3 rings (SSSR count). The van der Waals surface area contributed by atoms with Gasteiger partial charge in [0.15, 0.2) is 5.82 Å². The minimum absolute atomic E-state index is 0.0735. The number of hydrogen-bond acceptors (Lipinski definition) is 4. The molecule has 0 bridgehead atoms. The number of carbonyl (C=O) groups excluding carboxylic acids is 1. The lowest BCUT2D eigenvalue weighted by Gasteiger charge is -2.47. The van der Waals surface area contributed by atoms with E-state index in [4.69, 9.17) is 0 Å². The van der Waals surface area contributed by atoms with Crippen LogP contribution in [-0.4, -0.2) is 56.7 Å². The Morgan fingerprint density at radius 1 is 1.16 bits per heavy atom. The van der Waals surface area contributed by atoms with Crippen molar-refractivity contribution in [3.8, 4) is 0 Å². The molecule has 1 unspecified atom stereocenters. The fraction of sp³-hybridized carbons (Fsp3) is 0.409. The highest BCUT2D eigenvalue weighted by Crippen LogP contribution is 2.26. The van der Waals surface area contributed by atoms with Crippen LogP contribution >= 0.6 is 0 Å². The fourth-order valence-corrected chi connectivity index (χ4v) is 3.87. The number of piperazine rings is 1.